The maximum Gasteiger partial charge on any atom is 0.416 e. The van der Waals surface area contributed by atoms with Crippen molar-refractivity contribution in [1.29, 1.82) is 0 Å². The van der Waals surface area contributed by atoms with Crippen LogP contribution < -0.4 is 15.4 Å². The Bertz CT molecular complexity index is 1000. The second-order valence-electron chi connectivity index (χ2n) is 7.37. The predicted octanol–water partition coefficient (Wildman–Crippen LogP) is 5.45. The highest BCUT2D eigenvalue weighted by Gasteiger charge is 2.31. The first-order chi connectivity index (χ1) is 15.0. The summed E-state index contributed by atoms with van der Waals surface area (Å²) in [4.78, 5) is 22.7. The van der Waals surface area contributed by atoms with Crippen LogP contribution in [-0.2, 0) is 17.6 Å². The fraction of sp³-hybridized carbons (Fsp3) is 0.333. The van der Waals surface area contributed by atoms with Crippen molar-refractivity contribution in [2.45, 2.75) is 25.6 Å². The van der Waals surface area contributed by atoms with Crippen LogP contribution in [0.2, 0.25) is 0 Å². The third kappa shape index (κ3) is 6.86. The summed E-state index contributed by atoms with van der Waals surface area (Å²) in [6, 6.07) is 6.62. The van der Waals surface area contributed by atoms with Gasteiger partial charge in [-0.2, -0.15) is 13.2 Å². The van der Waals surface area contributed by atoms with Crippen LogP contribution in [0.4, 0.5) is 18.9 Å². The largest absolute Gasteiger partial charge is 0.487 e. The van der Waals surface area contributed by atoms with E-state index in [1.165, 1.54) is 12.1 Å². The van der Waals surface area contributed by atoms with Crippen LogP contribution in [0, 0.1) is 5.92 Å². The number of hydrogen-bond donors (Lipinski definition) is 3. The van der Waals surface area contributed by atoms with Gasteiger partial charge in [-0.25, -0.2) is 0 Å². The van der Waals surface area contributed by atoms with Gasteiger partial charge >= 0.3 is 12.1 Å². The quantitative estimate of drug-likeness (QED) is 0.368. The maximum atomic E-state index is 13.3. The van der Waals surface area contributed by atoms with Gasteiger partial charge < -0.3 is 20.5 Å². The first-order valence-electron chi connectivity index (χ1n) is 9.60. The molecule has 0 aromatic heterocycles. The molecule has 0 aliphatic heterocycles. The summed E-state index contributed by atoms with van der Waals surface area (Å²) in [5.41, 5.74) is 0.137. The smallest absolute Gasteiger partial charge is 0.416 e. The van der Waals surface area contributed by atoms with Crippen molar-refractivity contribution >= 4 is 49.4 Å². The molecule has 3 rings (SSSR count). The standard InChI is InChI=1S/C21H19Br2F3N2O4/c22-16-5-13(20(31)28-9-18(29)30)6-17(23)19(16)32-10-12-3-14(21(24,25)26)7-15(4-12)27-8-11-1-2-11/h3-7,11,27H,1-2,8-10H2,(H,28,31)(H,29,30). The molecular formula is C21H19Br2F3N2O4. The van der Waals surface area contributed by atoms with E-state index in [-0.39, 0.29) is 12.2 Å². The number of hydrogen-bond acceptors (Lipinski definition) is 4. The minimum absolute atomic E-state index is 0.135. The van der Waals surface area contributed by atoms with Gasteiger partial charge in [-0.05, 0) is 86.5 Å². The van der Waals surface area contributed by atoms with E-state index in [2.05, 4.69) is 42.5 Å². The van der Waals surface area contributed by atoms with Gasteiger partial charge in [0.1, 0.15) is 18.9 Å². The first kappa shape index (κ1) is 24.4. The lowest BCUT2D eigenvalue weighted by Crippen LogP contribution is -2.29. The highest BCUT2D eigenvalue weighted by atomic mass is 79.9. The lowest BCUT2D eigenvalue weighted by atomic mass is 10.1. The normalized spacial score (nSPS) is 13.5. The number of carbonyl (C=O) groups excluding carboxylic acids is 1. The molecule has 1 aliphatic rings. The molecule has 0 spiro atoms. The Morgan fingerprint density at radius 2 is 1.75 bits per heavy atom. The molecule has 1 fully saturated rings. The van der Waals surface area contributed by atoms with E-state index in [1.807, 2.05) is 0 Å². The lowest BCUT2D eigenvalue weighted by molar-refractivity contribution is -0.138. The van der Waals surface area contributed by atoms with Crippen LogP contribution in [-0.4, -0.2) is 30.1 Å². The van der Waals surface area contributed by atoms with Crippen LogP contribution in [0.15, 0.2) is 39.3 Å². The molecule has 0 radical (unpaired) electrons. The van der Waals surface area contributed by atoms with E-state index < -0.39 is 30.2 Å². The molecule has 32 heavy (non-hydrogen) atoms. The van der Waals surface area contributed by atoms with Crippen LogP contribution >= 0.6 is 31.9 Å². The Balaban J connectivity index is 1.75. The van der Waals surface area contributed by atoms with E-state index in [0.717, 1.165) is 25.0 Å². The summed E-state index contributed by atoms with van der Waals surface area (Å²) in [6.07, 6.45) is -2.33. The average Bonchev–Trinajstić information content (AvgIpc) is 3.53. The van der Waals surface area contributed by atoms with E-state index >= 15 is 0 Å². The fourth-order valence-electron chi connectivity index (χ4n) is 2.87. The monoisotopic (exact) mass is 578 g/mol. The number of amides is 1. The van der Waals surface area contributed by atoms with Crippen molar-refractivity contribution in [2.75, 3.05) is 18.4 Å². The van der Waals surface area contributed by atoms with Crippen molar-refractivity contribution < 1.29 is 32.6 Å². The molecule has 0 saturated heterocycles. The zero-order chi connectivity index (χ0) is 23.5. The first-order valence-corrected chi connectivity index (χ1v) is 11.2. The summed E-state index contributed by atoms with van der Waals surface area (Å²) >= 11 is 6.57. The SMILES string of the molecule is O=C(O)CNC(=O)c1cc(Br)c(OCc2cc(NCC3CC3)cc(C(F)(F)F)c2)c(Br)c1. The Labute approximate surface area is 198 Å². The number of carboxylic acid groups (broad SMARTS) is 1. The second kappa shape index (κ2) is 10.1. The van der Waals surface area contributed by atoms with Gasteiger partial charge in [-0.3, -0.25) is 9.59 Å². The Morgan fingerprint density at radius 1 is 1.09 bits per heavy atom. The van der Waals surface area contributed by atoms with Crippen LogP contribution in [0.5, 0.6) is 5.75 Å². The molecule has 3 N–H and O–H groups in total. The number of carboxylic acids is 1. The Morgan fingerprint density at radius 3 is 2.31 bits per heavy atom. The molecule has 172 valence electrons. The maximum absolute atomic E-state index is 13.3. The van der Waals surface area contributed by atoms with E-state index in [0.29, 0.717) is 38.4 Å². The molecule has 6 nitrogen and oxygen atoms in total. The van der Waals surface area contributed by atoms with Gasteiger partial charge in [-0.15, -0.1) is 0 Å². The summed E-state index contributed by atoms with van der Waals surface area (Å²) in [7, 11) is 0. The van der Waals surface area contributed by atoms with E-state index in [9.17, 15) is 22.8 Å². The second-order valence-corrected chi connectivity index (χ2v) is 9.08. The molecule has 11 heteroatoms. The third-order valence-electron chi connectivity index (χ3n) is 4.66. The predicted molar refractivity (Wildman–Crippen MR) is 119 cm³/mol. The number of anilines is 1. The number of rotatable bonds is 9. The number of nitrogens with one attached hydrogen (secondary N) is 2. The van der Waals surface area contributed by atoms with Gasteiger partial charge in [-0.1, -0.05) is 0 Å². The summed E-state index contributed by atoms with van der Waals surface area (Å²) in [5.74, 6) is -0.972. The van der Waals surface area contributed by atoms with Gasteiger partial charge in [0.25, 0.3) is 5.91 Å². The topological polar surface area (TPSA) is 87.7 Å². The van der Waals surface area contributed by atoms with Crippen molar-refractivity contribution in [1.82, 2.24) is 5.32 Å². The van der Waals surface area contributed by atoms with E-state index in [4.69, 9.17) is 9.84 Å². The van der Waals surface area contributed by atoms with E-state index in [1.54, 1.807) is 6.07 Å². The molecule has 0 heterocycles. The molecule has 2 aromatic carbocycles. The van der Waals surface area contributed by atoms with Gasteiger partial charge in [0.05, 0.1) is 14.5 Å². The molecule has 1 aliphatic carbocycles. The number of aliphatic carboxylic acids is 1. The molecule has 1 saturated carbocycles. The Kier molecular flexibility index (Phi) is 7.71. The molecule has 0 bridgehead atoms. The highest BCUT2D eigenvalue weighted by Crippen LogP contribution is 2.37. The number of benzene rings is 2. The van der Waals surface area contributed by atoms with Crippen LogP contribution in [0.25, 0.3) is 0 Å². The van der Waals surface area contributed by atoms with Gasteiger partial charge in [0.2, 0.25) is 0 Å². The number of carbonyl (C=O) groups is 2. The summed E-state index contributed by atoms with van der Waals surface area (Å²) < 4.78 is 46.5. The number of alkyl halides is 3. The minimum atomic E-state index is -4.49. The minimum Gasteiger partial charge on any atom is -0.487 e. The highest BCUT2D eigenvalue weighted by molar-refractivity contribution is 9.11. The summed E-state index contributed by atoms with van der Waals surface area (Å²) in [5, 5.41) is 14.0. The zero-order valence-electron chi connectivity index (χ0n) is 16.6. The molecule has 0 atom stereocenters. The molecular weight excluding hydrogens is 561 g/mol. The van der Waals surface area contributed by atoms with Gasteiger partial charge in [0.15, 0.2) is 0 Å². The van der Waals surface area contributed by atoms with Crippen molar-refractivity contribution in [2.24, 2.45) is 5.92 Å². The third-order valence-corrected chi connectivity index (χ3v) is 5.83. The average molecular weight is 580 g/mol. The van der Waals surface area contributed by atoms with Gasteiger partial charge in [0, 0.05) is 17.8 Å². The lowest BCUT2D eigenvalue weighted by Gasteiger charge is -2.16. The van der Waals surface area contributed by atoms with Crippen molar-refractivity contribution in [3.05, 3.63) is 56.0 Å². The Hall–Kier alpha value is -2.27. The van der Waals surface area contributed by atoms with Crippen LogP contribution in [0.3, 0.4) is 0 Å². The molecule has 0 unspecified atom stereocenters. The van der Waals surface area contributed by atoms with Crippen LogP contribution in [0.1, 0.15) is 34.3 Å². The zero-order valence-corrected chi connectivity index (χ0v) is 19.7. The molecule has 2 aromatic rings. The fourth-order valence-corrected chi connectivity index (χ4v) is 4.28. The molecule has 1 amide bonds. The number of halogens is 5. The van der Waals surface area contributed by atoms with Crippen molar-refractivity contribution in [3.63, 3.8) is 0 Å². The van der Waals surface area contributed by atoms with Crippen molar-refractivity contribution in [3.8, 4) is 5.75 Å². The summed E-state index contributed by atoms with van der Waals surface area (Å²) in [6.45, 7) is -0.0348. The number of ether oxygens (including phenoxy) is 1.